The van der Waals surface area contributed by atoms with Gasteiger partial charge in [-0.1, -0.05) is 45.7 Å². The monoisotopic (exact) mass is 206 g/mol. The van der Waals surface area contributed by atoms with E-state index in [1.165, 1.54) is 12.8 Å². The largest absolute Gasteiger partial charge is 0.508 e. The van der Waals surface area contributed by atoms with Gasteiger partial charge in [0.1, 0.15) is 5.75 Å². The van der Waals surface area contributed by atoms with Crippen molar-refractivity contribution in [3.63, 3.8) is 0 Å². The number of benzene rings is 1. The van der Waals surface area contributed by atoms with Crippen molar-refractivity contribution < 1.29 is 5.11 Å². The Kier molecular flexibility index (Phi) is 3.78. The summed E-state index contributed by atoms with van der Waals surface area (Å²) in [6, 6.07) is 5.98. The first kappa shape index (κ1) is 12.1. The minimum Gasteiger partial charge on any atom is -0.508 e. The van der Waals surface area contributed by atoms with Crippen molar-refractivity contribution in [2.24, 2.45) is 0 Å². The molecular weight excluding hydrogens is 184 g/mol. The van der Waals surface area contributed by atoms with Crippen LogP contribution in [0.4, 0.5) is 0 Å². The van der Waals surface area contributed by atoms with E-state index in [1.807, 2.05) is 13.0 Å². The molecule has 1 aromatic carbocycles. The van der Waals surface area contributed by atoms with Crippen LogP contribution in [-0.4, -0.2) is 5.11 Å². The number of rotatable bonds is 4. The first-order valence-electron chi connectivity index (χ1n) is 5.77. The molecule has 1 aromatic rings. The van der Waals surface area contributed by atoms with Gasteiger partial charge >= 0.3 is 0 Å². The fraction of sp³-hybridized carbons (Fsp3) is 0.571. The number of aryl methyl sites for hydroxylation is 1. The summed E-state index contributed by atoms with van der Waals surface area (Å²) in [5.41, 5.74) is 2.26. The van der Waals surface area contributed by atoms with Crippen molar-refractivity contribution in [2.45, 2.75) is 52.4 Å². The lowest BCUT2D eigenvalue weighted by Gasteiger charge is -2.26. The molecule has 0 saturated carbocycles. The Morgan fingerprint density at radius 1 is 1.27 bits per heavy atom. The molecule has 0 aliphatic rings. The van der Waals surface area contributed by atoms with Crippen LogP contribution in [0.25, 0.3) is 0 Å². The third-order valence-electron chi connectivity index (χ3n) is 3.04. The van der Waals surface area contributed by atoms with Crippen LogP contribution in [0.15, 0.2) is 18.2 Å². The van der Waals surface area contributed by atoms with E-state index in [0.717, 1.165) is 17.5 Å². The van der Waals surface area contributed by atoms with Gasteiger partial charge < -0.3 is 5.11 Å². The fourth-order valence-electron chi connectivity index (χ4n) is 1.97. The van der Waals surface area contributed by atoms with Crippen molar-refractivity contribution in [3.8, 4) is 5.75 Å². The molecule has 1 heteroatoms. The van der Waals surface area contributed by atoms with Crippen LogP contribution in [0.1, 0.15) is 51.2 Å². The van der Waals surface area contributed by atoms with E-state index in [0.29, 0.717) is 5.75 Å². The molecule has 15 heavy (non-hydrogen) atoms. The van der Waals surface area contributed by atoms with Gasteiger partial charge in [-0.05, 0) is 36.0 Å². The summed E-state index contributed by atoms with van der Waals surface area (Å²) >= 11 is 0. The molecule has 0 radical (unpaired) electrons. The smallest absolute Gasteiger partial charge is 0.119 e. The lowest BCUT2D eigenvalue weighted by molar-refractivity contribution is 0.411. The predicted octanol–water partition coefficient (Wildman–Crippen LogP) is 4.17. The first-order valence-corrected chi connectivity index (χ1v) is 5.77. The van der Waals surface area contributed by atoms with Gasteiger partial charge in [-0.25, -0.2) is 0 Å². The van der Waals surface area contributed by atoms with Crippen molar-refractivity contribution in [1.82, 2.24) is 0 Å². The zero-order valence-electron chi connectivity index (χ0n) is 10.3. The van der Waals surface area contributed by atoms with E-state index in [1.54, 1.807) is 0 Å². The predicted molar refractivity (Wildman–Crippen MR) is 65.4 cm³/mol. The molecule has 0 atom stereocenters. The molecule has 0 fully saturated rings. The second-order valence-corrected chi connectivity index (χ2v) is 5.01. The normalized spacial score (nSPS) is 11.7. The topological polar surface area (TPSA) is 20.2 Å². The minimum atomic E-state index is 0.0772. The SMILES string of the molecule is CCCCC(C)(C)c1ccc(C)cc1O. The molecule has 0 aliphatic heterocycles. The Balaban J connectivity index is 2.93. The average Bonchev–Trinajstić information content (AvgIpc) is 2.14. The number of aromatic hydroxyl groups is 1. The van der Waals surface area contributed by atoms with Crippen molar-refractivity contribution in [2.75, 3.05) is 0 Å². The summed E-state index contributed by atoms with van der Waals surface area (Å²) in [7, 11) is 0. The van der Waals surface area contributed by atoms with Crippen LogP contribution in [-0.2, 0) is 5.41 Å². The van der Waals surface area contributed by atoms with E-state index in [2.05, 4.69) is 32.9 Å². The van der Waals surface area contributed by atoms with Gasteiger partial charge in [-0.3, -0.25) is 0 Å². The highest BCUT2D eigenvalue weighted by molar-refractivity contribution is 5.40. The summed E-state index contributed by atoms with van der Waals surface area (Å²) in [5.74, 6) is 0.441. The number of hydrogen-bond acceptors (Lipinski definition) is 1. The molecule has 1 N–H and O–H groups in total. The Bertz CT molecular complexity index is 326. The maximum absolute atomic E-state index is 9.93. The quantitative estimate of drug-likeness (QED) is 0.784. The maximum atomic E-state index is 9.93. The Hall–Kier alpha value is -0.980. The maximum Gasteiger partial charge on any atom is 0.119 e. The molecule has 0 amide bonds. The molecule has 0 saturated heterocycles. The summed E-state index contributed by atoms with van der Waals surface area (Å²) in [6.07, 6.45) is 3.54. The van der Waals surface area contributed by atoms with Gasteiger partial charge in [0.05, 0.1) is 0 Å². The van der Waals surface area contributed by atoms with Crippen LogP contribution >= 0.6 is 0 Å². The average molecular weight is 206 g/mol. The van der Waals surface area contributed by atoms with Gasteiger partial charge in [0.25, 0.3) is 0 Å². The molecule has 1 nitrogen and oxygen atoms in total. The van der Waals surface area contributed by atoms with Gasteiger partial charge in [-0.2, -0.15) is 0 Å². The zero-order valence-corrected chi connectivity index (χ0v) is 10.3. The highest BCUT2D eigenvalue weighted by Gasteiger charge is 2.22. The number of phenolic OH excluding ortho intramolecular Hbond substituents is 1. The van der Waals surface area contributed by atoms with Crippen LogP contribution in [0, 0.1) is 6.92 Å². The van der Waals surface area contributed by atoms with Crippen LogP contribution < -0.4 is 0 Å². The van der Waals surface area contributed by atoms with Crippen molar-refractivity contribution in [1.29, 1.82) is 0 Å². The zero-order chi connectivity index (χ0) is 11.5. The lowest BCUT2D eigenvalue weighted by atomic mass is 9.79. The molecule has 0 aromatic heterocycles. The number of phenols is 1. The molecule has 0 spiro atoms. The third-order valence-corrected chi connectivity index (χ3v) is 3.04. The molecule has 1 rings (SSSR count). The number of unbranched alkanes of at least 4 members (excludes halogenated alkanes) is 1. The van der Waals surface area contributed by atoms with Gasteiger partial charge in [0.15, 0.2) is 0 Å². The summed E-state index contributed by atoms with van der Waals surface area (Å²) < 4.78 is 0. The van der Waals surface area contributed by atoms with E-state index in [9.17, 15) is 5.11 Å². The summed E-state index contributed by atoms with van der Waals surface area (Å²) in [6.45, 7) is 8.60. The Morgan fingerprint density at radius 3 is 2.47 bits per heavy atom. The summed E-state index contributed by atoms with van der Waals surface area (Å²) in [4.78, 5) is 0. The highest BCUT2D eigenvalue weighted by Crippen LogP contribution is 2.35. The second-order valence-electron chi connectivity index (χ2n) is 5.01. The van der Waals surface area contributed by atoms with Gasteiger partial charge in [0.2, 0.25) is 0 Å². The van der Waals surface area contributed by atoms with Crippen molar-refractivity contribution in [3.05, 3.63) is 29.3 Å². The van der Waals surface area contributed by atoms with Gasteiger partial charge in [-0.15, -0.1) is 0 Å². The Labute approximate surface area is 93.1 Å². The second kappa shape index (κ2) is 4.69. The fourth-order valence-corrected chi connectivity index (χ4v) is 1.97. The first-order chi connectivity index (χ1) is 6.97. The van der Waals surface area contributed by atoms with E-state index >= 15 is 0 Å². The van der Waals surface area contributed by atoms with E-state index in [-0.39, 0.29) is 5.41 Å². The molecule has 84 valence electrons. The molecule has 0 bridgehead atoms. The third kappa shape index (κ3) is 2.98. The Morgan fingerprint density at radius 2 is 1.93 bits per heavy atom. The van der Waals surface area contributed by atoms with Crippen LogP contribution in [0.5, 0.6) is 5.75 Å². The van der Waals surface area contributed by atoms with E-state index < -0.39 is 0 Å². The van der Waals surface area contributed by atoms with Crippen LogP contribution in [0.2, 0.25) is 0 Å². The van der Waals surface area contributed by atoms with E-state index in [4.69, 9.17) is 0 Å². The van der Waals surface area contributed by atoms with Crippen LogP contribution in [0.3, 0.4) is 0 Å². The molecular formula is C14H22O. The standard InChI is InChI=1S/C14H22O/c1-5-6-9-14(3,4)12-8-7-11(2)10-13(12)15/h7-8,10,15H,5-6,9H2,1-4H3. The summed E-state index contributed by atoms with van der Waals surface area (Å²) in [5, 5.41) is 9.93. The van der Waals surface area contributed by atoms with Crippen molar-refractivity contribution >= 4 is 0 Å². The lowest BCUT2D eigenvalue weighted by Crippen LogP contribution is -2.17. The highest BCUT2D eigenvalue weighted by atomic mass is 16.3. The van der Waals surface area contributed by atoms with Gasteiger partial charge in [0, 0.05) is 0 Å². The number of hydrogen-bond donors (Lipinski definition) is 1. The molecule has 0 unspecified atom stereocenters. The molecule has 0 aliphatic carbocycles. The minimum absolute atomic E-state index is 0.0772. The molecule has 0 heterocycles.